The highest BCUT2D eigenvalue weighted by Gasteiger charge is 2.09. The maximum absolute atomic E-state index is 5.57. The summed E-state index contributed by atoms with van der Waals surface area (Å²) in [5.41, 5.74) is 3.99. The van der Waals surface area contributed by atoms with Gasteiger partial charge in [0.25, 0.3) is 0 Å². The van der Waals surface area contributed by atoms with Gasteiger partial charge in [0.05, 0.1) is 6.10 Å². The molecule has 4 heteroatoms. The summed E-state index contributed by atoms with van der Waals surface area (Å²) in [6, 6.07) is 15.5. The summed E-state index contributed by atoms with van der Waals surface area (Å²) in [7, 11) is 0. The van der Waals surface area contributed by atoms with E-state index in [0.717, 1.165) is 32.7 Å². The van der Waals surface area contributed by atoms with Crippen molar-refractivity contribution in [1.82, 2.24) is 9.88 Å². The molecule has 0 bridgehead atoms. The molecule has 136 valence electrons. The van der Waals surface area contributed by atoms with Crippen LogP contribution >= 0.6 is 12.4 Å². The van der Waals surface area contributed by atoms with E-state index in [1.54, 1.807) is 0 Å². The molecule has 0 radical (unpaired) electrons. The molecule has 0 unspecified atom stereocenters. The fourth-order valence-corrected chi connectivity index (χ4v) is 3.30. The van der Waals surface area contributed by atoms with E-state index in [0.29, 0.717) is 6.10 Å². The predicted molar refractivity (Wildman–Crippen MR) is 110 cm³/mol. The van der Waals surface area contributed by atoms with Crippen molar-refractivity contribution in [2.45, 2.75) is 46.4 Å². The molecule has 25 heavy (non-hydrogen) atoms. The third kappa shape index (κ3) is 4.55. The first-order valence-electron chi connectivity index (χ1n) is 9.03. The minimum Gasteiger partial charge on any atom is -0.379 e. The van der Waals surface area contributed by atoms with Gasteiger partial charge in [-0.25, -0.2) is 0 Å². The molecule has 3 aromatic rings. The lowest BCUT2D eigenvalue weighted by Gasteiger charge is -2.08. The number of ether oxygens (including phenoxy) is 1. The van der Waals surface area contributed by atoms with Gasteiger partial charge in [0, 0.05) is 41.5 Å². The highest BCUT2D eigenvalue weighted by molar-refractivity contribution is 6.08. The summed E-state index contributed by atoms with van der Waals surface area (Å²) in [5.74, 6) is 0. The van der Waals surface area contributed by atoms with E-state index >= 15 is 0 Å². The Labute approximate surface area is 156 Å². The van der Waals surface area contributed by atoms with Crippen LogP contribution in [0, 0.1) is 0 Å². The Bertz CT molecular complexity index is 810. The summed E-state index contributed by atoms with van der Waals surface area (Å²) >= 11 is 0. The first kappa shape index (κ1) is 19.8. The minimum absolute atomic E-state index is 0. The van der Waals surface area contributed by atoms with Crippen LogP contribution in [0.25, 0.3) is 21.8 Å². The van der Waals surface area contributed by atoms with Crippen LogP contribution < -0.4 is 5.32 Å². The highest BCUT2D eigenvalue weighted by atomic mass is 35.5. The SMILES string of the molecule is CCn1c2ccccc2c2cc(CNCCCOC(C)C)ccc21.Cl. The number of rotatable bonds is 8. The van der Waals surface area contributed by atoms with Crippen molar-refractivity contribution in [3.05, 3.63) is 48.0 Å². The monoisotopic (exact) mass is 360 g/mol. The molecule has 0 aliphatic heterocycles. The standard InChI is InChI=1S/C21H28N2O.ClH/c1-4-23-20-9-6-5-8-18(20)19-14-17(10-11-21(19)23)15-22-12-7-13-24-16(2)3;/h5-6,8-11,14,16,22H,4,7,12-13,15H2,1-3H3;1H. The average molecular weight is 361 g/mol. The Balaban J connectivity index is 0.00000225. The molecule has 3 rings (SSSR count). The van der Waals surface area contributed by atoms with E-state index in [9.17, 15) is 0 Å². The molecular formula is C21H29ClN2O. The first-order chi connectivity index (χ1) is 11.7. The second-order valence-electron chi connectivity index (χ2n) is 6.56. The van der Waals surface area contributed by atoms with Crippen molar-refractivity contribution in [3.63, 3.8) is 0 Å². The van der Waals surface area contributed by atoms with Gasteiger partial charge in [0.2, 0.25) is 0 Å². The van der Waals surface area contributed by atoms with Crippen LogP contribution in [0.1, 0.15) is 32.8 Å². The molecule has 0 atom stereocenters. The van der Waals surface area contributed by atoms with Gasteiger partial charge < -0.3 is 14.6 Å². The molecule has 0 saturated carbocycles. The Morgan fingerprint density at radius 3 is 2.56 bits per heavy atom. The van der Waals surface area contributed by atoms with Gasteiger partial charge >= 0.3 is 0 Å². The predicted octanol–water partition coefficient (Wildman–Crippen LogP) is 5.14. The van der Waals surface area contributed by atoms with Crippen LogP contribution in [0.15, 0.2) is 42.5 Å². The topological polar surface area (TPSA) is 26.2 Å². The molecule has 0 saturated heterocycles. The van der Waals surface area contributed by atoms with Gasteiger partial charge in [-0.2, -0.15) is 0 Å². The Morgan fingerprint density at radius 2 is 1.80 bits per heavy atom. The molecule has 2 aromatic carbocycles. The van der Waals surface area contributed by atoms with E-state index in [2.05, 4.69) is 73.1 Å². The normalized spacial score (nSPS) is 11.4. The Hall–Kier alpha value is -1.55. The summed E-state index contributed by atoms with van der Waals surface area (Å²) in [6.07, 6.45) is 1.37. The average Bonchev–Trinajstić information content (AvgIpc) is 2.91. The van der Waals surface area contributed by atoms with Crippen molar-refractivity contribution in [3.8, 4) is 0 Å². The number of fused-ring (bicyclic) bond motifs is 3. The smallest absolute Gasteiger partial charge is 0.0518 e. The van der Waals surface area contributed by atoms with Crippen LogP contribution in [0.2, 0.25) is 0 Å². The second-order valence-corrected chi connectivity index (χ2v) is 6.56. The zero-order chi connectivity index (χ0) is 16.9. The molecule has 1 aromatic heterocycles. The third-order valence-corrected chi connectivity index (χ3v) is 4.43. The zero-order valence-electron chi connectivity index (χ0n) is 15.4. The molecule has 0 fully saturated rings. The fraction of sp³-hybridized carbons (Fsp3) is 0.429. The number of para-hydroxylation sites is 1. The Kier molecular flexibility index (Phi) is 7.30. The number of nitrogens with one attached hydrogen (secondary N) is 1. The molecular weight excluding hydrogens is 332 g/mol. The van der Waals surface area contributed by atoms with Gasteiger partial charge in [-0.05, 0) is 57.5 Å². The van der Waals surface area contributed by atoms with Gasteiger partial charge in [-0.1, -0.05) is 24.3 Å². The quantitative estimate of drug-likeness (QED) is 0.563. The van der Waals surface area contributed by atoms with E-state index in [1.807, 2.05) is 0 Å². The highest BCUT2D eigenvalue weighted by Crippen LogP contribution is 2.29. The zero-order valence-corrected chi connectivity index (χ0v) is 16.2. The third-order valence-electron chi connectivity index (χ3n) is 4.43. The van der Waals surface area contributed by atoms with E-state index < -0.39 is 0 Å². The van der Waals surface area contributed by atoms with Crippen LogP contribution in [0.3, 0.4) is 0 Å². The Morgan fingerprint density at radius 1 is 1.04 bits per heavy atom. The molecule has 0 spiro atoms. The maximum Gasteiger partial charge on any atom is 0.0518 e. The maximum atomic E-state index is 5.57. The van der Waals surface area contributed by atoms with E-state index in [4.69, 9.17) is 4.74 Å². The van der Waals surface area contributed by atoms with Crippen molar-refractivity contribution in [2.75, 3.05) is 13.2 Å². The number of aromatic nitrogens is 1. The summed E-state index contributed by atoms with van der Waals surface area (Å²) < 4.78 is 7.97. The second kappa shape index (κ2) is 9.23. The molecule has 1 N–H and O–H groups in total. The van der Waals surface area contributed by atoms with Crippen molar-refractivity contribution in [2.24, 2.45) is 0 Å². The summed E-state index contributed by atoms with van der Waals surface area (Å²) in [4.78, 5) is 0. The number of hydrogen-bond donors (Lipinski definition) is 1. The van der Waals surface area contributed by atoms with Crippen molar-refractivity contribution in [1.29, 1.82) is 0 Å². The summed E-state index contributed by atoms with van der Waals surface area (Å²) in [5, 5.41) is 6.23. The van der Waals surface area contributed by atoms with Gasteiger partial charge in [0.15, 0.2) is 0 Å². The number of benzene rings is 2. The fourth-order valence-electron chi connectivity index (χ4n) is 3.30. The molecule has 0 amide bonds. The largest absolute Gasteiger partial charge is 0.379 e. The molecule has 3 nitrogen and oxygen atoms in total. The number of aryl methyl sites for hydroxylation is 1. The van der Waals surface area contributed by atoms with Gasteiger partial charge in [0.1, 0.15) is 0 Å². The molecule has 1 heterocycles. The minimum atomic E-state index is 0. The van der Waals surface area contributed by atoms with Crippen LogP contribution in [-0.4, -0.2) is 23.8 Å². The van der Waals surface area contributed by atoms with Crippen LogP contribution in [-0.2, 0) is 17.8 Å². The summed E-state index contributed by atoms with van der Waals surface area (Å²) in [6.45, 7) is 10.1. The lowest BCUT2D eigenvalue weighted by molar-refractivity contribution is 0.0770. The van der Waals surface area contributed by atoms with Gasteiger partial charge in [-0.3, -0.25) is 0 Å². The first-order valence-corrected chi connectivity index (χ1v) is 9.03. The molecule has 0 aliphatic rings. The lowest BCUT2D eigenvalue weighted by Crippen LogP contribution is -2.17. The lowest BCUT2D eigenvalue weighted by atomic mass is 10.1. The van der Waals surface area contributed by atoms with Crippen molar-refractivity contribution < 1.29 is 4.74 Å². The number of halogens is 1. The van der Waals surface area contributed by atoms with Gasteiger partial charge in [-0.15, -0.1) is 12.4 Å². The number of nitrogens with zero attached hydrogens (tertiary/aromatic N) is 1. The molecule has 0 aliphatic carbocycles. The van der Waals surface area contributed by atoms with E-state index in [1.165, 1.54) is 27.4 Å². The van der Waals surface area contributed by atoms with Crippen molar-refractivity contribution >= 4 is 34.2 Å². The van der Waals surface area contributed by atoms with Crippen LogP contribution in [0.4, 0.5) is 0 Å². The van der Waals surface area contributed by atoms with Crippen LogP contribution in [0.5, 0.6) is 0 Å². The van der Waals surface area contributed by atoms with E-state index in [-0.39, 0.29) is 12.4 Å². The number of hydrogen-bond acceptors (Lipinski definition) is 2.